The Balaban J connectivity index is 3.70. The molecule has 11 heteroatoms. The molecule has 1 rings (SSSR count). The SMILES string of the molecule is O=C(O)c1nc(C(F)F)c([N+](=O)[O-])cc1C(F)(F)F. The van der Waals surface area contributed by atoms with Gasteiger partial charge in [-0.1, -0.05) is 0 Å². The Labute approximate surface area is 100 Å². The highest BCUT2D eigenvalue weighted by atomic mass is 19.4. The first-order valence-corrected chi connectivity index (χ1v) is 4.33. The molecule has 0 amide bonds. The molecule has 0 fully saturated rings. The van der Waals surface area contributed by atoms with E-state index < -0.39 is 46.1 Å². The topological polar surface area (TPSA) is 93.3 Å². The standard InChI is InChI=1S/C8H3F5N2O4/c9-6(10)5-3(15(18)19)1-2(8(11,12)13)4(14-5)7(16)17/h1,6H,(H,16,17). The fourth-order valence-corrected chi connectivity index (χ4v) is 1.20. The third-order valence-electron chi connectivity index (χ3n) is 1.94. The Hall–Kier alpha value is -2.33. The molecule has 0 saturated heterocycles. The molecule has 104 valence electrons. The number of rotatable bonds is 3. The zero-order valence-corrected chi connectivity index (χ0v) is 8.61. The first kappa shape index (κ1) is 14.7. The first-order chi connectivity index (χ1) is 8.55. The van der Waals surface area contributed by atoms with E-state index in [4.69, 9.17) is 5.11 Å². The van der Waals surface area contributed by atoms with Gasteiger partial charge in [-0.2, -0.15) is 13.2 Å². The van der Waals surface area contributed by atoms with Gasteiger partial charge in [-0.3, -0.25) is 10.1 Å². The van der Waals surface area contributed by atoms with Crippen molar-refractivity contribution < 1.29 is 36.8 Å². The lowest BCUT2D eigenvalue weighted by molar-refractivity contribution is -0.386. The molecule has 0 bridgehead atoms. The summed E-state index contributed by atoms with van der Waals surface area (Å²) in [5.74, 6) is -2.22. The lowest BCUT2D eigenvalue weighted by atomic mass is 10.1. The molecule has 0 aliphatic rings. The Morgan fingerprint density at radius 1 is 1.42 bits per heavy atom. The zero-order chi connectivity index (χ0) is 15.0. The van der Waals surface area contributed by atoms with Gasteiger partial charge in [0.2, 0.25) is 0 Å². The van der Waals surface area contributed by atoms with Gasteiger partial charge in [-0.25, -0.2) is 18.6 Å². The lowest BCUT2D eigenvalue weighted by Gasteiger charge is -2.11. The van der Waals surface area contributed by atoms with E-state index in [0.29, 0.717) is 0 Å². The number of carboxylic acids is 1. The quantitative estimate of drug-likeness (QED) is 0.523. The van der Waals surface area contributed by atoms with E-state index in [9.17, 15) is 36.9 Å². The molecule has 1 aromatic heterocycles. The number of pyridine rings is 1. The van der Waals surface area contributed by atoms with Gasteiger partial charge in [-0.15, -0.1) is 0 Å². The highest BCUT2D eigenvalue weighted by Crippen LogP contribution is 2.37. The molecule has 0 saturated carbocycles. The Bertz CT molecular complexity index is 543. The molecule has 0 aliphatic carbocycles. The maximum atomic E-state index is 12.5. The van der Waals surface area contributed by atoms with Crippen LogP contribution >= 0.6 is 0 Å². The van der Waals surface area contributed by atoms with E-state index in [1.54, 1.807) is 0 Å². The molecule has 1 N–H and O–H groups in total. The van der Waals surface area contributed by atoms with Crippen molar-refractivity contribution in [3.8, 4) is 0 Å². The van der Waals surface area contributed by atoms with Crippen molar-refractivity contribution in [3.63, 3.8) is 0 Å². The first-order valence-electron chi connectivity index (χ1n) is 4.33. The average molecular weight is 286 g/mol. The maximum Gasteiger partial charge on any atom is 0.419 e. The van der Waals surface area contributed by atoms with Crippen molar-refractivity contribution in [1.82, 2.24) is 4.98 Å². The number of hydrogen-bond acceptors (Lipinski definition) is 4. The summed E-state index contributed by atoms with van der Waals surface area (Å²) in [6.45, 7) is 0. The lowest BCUT2D eigenvalue weighted by Crippen LogP contribution is -2.17. The number of nitrogens with zero attached hydrogens (tertiary/aromatic N) is 2. The summed E-state index contributed by atoms with van der Waals surface area (Å²) >= 11 is 0. The van der Waals surface area contributed by atoms with Crippen LogP contribution in [0, 0.1) is 10.1 Å². The monoisotopic (exact) mass is 286 g/mol. The van der Waals surface area contributed by atoms with Gasteiger partial charge in [0, 0.05) is 6.07 Å². The van der Waals surface area contributed by atoms with Gasteiger partial charge in [-0.05, 0) is 0 Å². The predicted octanol–water partition coefficient (Wildman–Crippen LogP) is 2.64. The van der Waals surface area contributed by atoms with Crippen LogP contribution in [0.2, 0.25) is 0 Å². The number of aromatic carboxylic acids is 1. The highest BCUT2D eigenvalue weighted by Gasteiger charge is 2.40. The van der Waals surface area contributed by atoms with Crippen molar-refractivity contribution >= 4 is 11.7 Å². The summed E-state index contributed by atoms with van der Waals surface area (Å²) in [6, 6.07) is -0.266. The molecule has 1 heterocycles. The van der Waals surface area contributed by atoms with E-state index in [1.807, 2.05) is 0 Å². The predicted molar refractivity (Wildman–Crippen MR) is 47.8 cm³/mol. The largest absolute Gasteiger partial charge is 0.476 e. The number of aromatic nitrogens is 1. The van der Waals surface area contributed by atoms with Crippen LogP contribution < -0.4 is 0 Å². The van der Waals surface area contributed by atoms with Crippen molar-refractivity contribution in [2.24, 2.45) is 0 Å². The smallest absolute Gasteiger partial charge is 0.419 e. The van der Waals surface area contributed by atoms with Gasteiger partial charge < -0.3 is 5.11 Å². The van der Waals surface area contributed by atoms with E-state index in [0.717, 1.165) is 0 Å². The number of hydrogen-bond donors (Lipinski definition) is 1. The van der Waals surface area contributed by atoms with E-state index in [1.165, 1.54) is 0 Å². The average Bonchev–Trinajstić information content (AvgIpc) is 2.25. The zero-order valence-electron chi connectivity index (χ0n) is 8.61. The summed E-state index contributed by atoms with van der Waals surface area (Å²) in [6.07, 6.45) is -8.85. The molecule has 6 nitrogen and oxygen atoms in total. The van der Waals surface area contributed by atoms with Crippen molar-refractivity contribution in [2.45, 2.75) is 12.6 Å². The molecule has 0 unspecified atom stereocenters. The van der Waals surface area contributed by atoms with Crippen LogP contribution in [-0.2, 0) is 6.18 Å². The fraction of sp³-hybridized carbons (Fsp3) is 0.250. The summed E-state index contributed by atoms with van der Waals surface area (Å²) in [5, 5.41) is 18.9. The summed E-state index contributed by atoms with van der Waals surface area (Å²) in [7, 11) is 0. The summed E-state index contributed by atoms with van der Waals surface area (Å²) in [4.78, 5) is 22.0. The summed E-state index contributed by atoms with van der Waals surface area (Å²) < 4.78 is 62.3. The van der Waals surface area contributed by atoms with Gasteiger partial charge in [0.05, 0.1) is 10.5 Å². The van der Waals surface area contributed by atoms with Gasteiger partial charge in [0.1, 0.15) is 0 Å². The normalized spacial score (nSPS) is 11.7. The van der Waals surface area contributed by atoms with Gasteiger partial charge in [0.15, 0.2) is 11.4 Å². The second-order valence-corrected chi connectivity index (χ2v) is 3.15. The van der Waals surface area contributed by atoms with Crippen molar-refractivity contribution in [2.75, 3.05) is 0 Å². The van der Waals surface area contributed by atoms with Crippen LogP contribution in [0.3, 0.4) is 0 Å². The van der Waals surface area contributed by atoms with E-state index >= 15 is 0 Å². The van der Waals surface area contributed by atoms with Crippen LogP contribution in [0.4, 0.5) is 27.6 Å². The number of carbonyl (C=O) groups is 1. The maximum absolute atomic E-state index is 12.5. The molecular formula is C8H3F5N2O4. The summed E-state index contributed by atoms with van der Waals surface area (Å²) in [5.41, 5.74) is -6.90. The van der Waals surface area contributed by atoms with Crippen molar-refractivity contribution in [1.29, 1.82) is 0 Å². The molecule has 0 radical (unpaired) electrons. The second-order valence-electron chi connectivity index (χ2n) is 3.15. The van der Waals surface area contributed by atoms with Crippen LogP contribution in [-0.4, -0.2) is 21.0 Å². The second kappa shape index (κ2) is 4.74. The molecule has 1 aromatic rings. The van der Waals surface area contributed by atoms with E-state index in [2.05, 4.69) is 4.98 Å². The third-order valence-corrected chi connectivity index (χ3v) is 1.94. The van der Waals surface area contributed by atoms with Gasteiger partial charge >= 0.3 is 12.1 Å². The molecule has 0 aromatic carbocycles. The van der Waals surface area contributed by atoms with Crippen molar-refractivity contribution in [3.05, 3.63) is 33.1 Å². The minimum absolute atomic E-state index is 0.266. The minimum atomic E-state index is -5.27. The number of carboxylic acid groups (broad SMARTS) is 1. The molecule has 0 aliphatic heterocycles. The Kier molecular flexibility index (Phi) is 3.68. The Morgan fingerprint density at radius 2 is 1.95 bits per heavy atom. The van der Waals surface area contributed by atoms with Crippen LogP contribution in [0.5, 0.6) is 0 Å². The number of nitro groups is 1. The molecule has 0 atom stereocenters. The van der Waals surface area contributed by atoms with Gasteiger partial charge in [0.25, 0.3) is 12.1 Å². The van der Waals surface area contributed by atoms with E-state index in [-0.39, 0.29) is 6.07 Å². The fourth-order valence-electron chi connectivity index (χ4n) is 1.20. The number of halogens is 5. The molecule has 19 heavy (non-hydrogen) atoms. The minimum Gasteiger partial charge on any atom is -0.476 e. The molecule has 0 spiro atoms. The molecular weight excluding hydrogens is 283 g/mol. The highest BCUT2D eigenvalue weighted by molar-refractivity contribution is 5.87. The Morgan fingerprint density at radius 3 is 2.26 bits per heavy atom. The van der Waals surface area contributed by atoms with Crippen LogP contribution in [0.15, 0.2) is 6.07 Å². The van der Waals surface area contributed by atoms with Crippen LogP contribution in [0.1, 0.15) is 28.2 Å². The number of alkyl halides is 5. The van der Waals surface area contributed by atoms with Crippen LogP contribution in [0.25, 0.3) is 0 Å². The third kappa shape index (κ3) is 2.92.